The molecule has 3 rings (SSSR count). The molecule has 0 aliphatic rings. The molecule has 0 fully saturated rings. The Labute approximate surface area is 182 Å². The van der Waals surface area contributed by atoms with Crippen LogP contribution in [0, 0.1) is 5.82 Å². The van der Waals surface area contributed by atoms with Gasteiger partial charge in [-0.25, -0.2) is 23.7 Å². The van der Waals surface area contributed by atoms with Crippen molar-refractivity contribution in [3.63, 3.8) is 0 Å². The van der Waals surface area contributed by atoms with Gasteiger partial charge >= 0.3 is 0 Å². The van der Waals surface area contributed by atoms with Crippen molar-refractivity contribution in [2.75, 3.05) is 17.2 Å². The highest BCUT2D eigenvalue weighted by Crippen LogP contribution is 2.28. The van der Waals surface area contributed by atoms with E-state index in [4.69, 9.17) is 0 Å². The zero-order valence-corrected chi connectivity index (χ0v) is 18.3. The van der Waals surface area contributed by atoms with Crippen molar-refractivity contribution in [3.8, 4) is 0 Å². The third kappa shape index (κ3) is 5.42. The van der Waals surface area contributed by atoms with Gasteiger partial charge in [0.2, 0.25) is 0 Å². The molecule has 0 saturated carbocycles. The Morgan fingerprint density at radius 1 is 1.26 bits per heavy atom. The fraction of sp³-hybridized carbons (Fsp3) is 0.400. The number of fused-ring (bicyclic) bond motifs is 1. The number of pyridine rings is 2. The monoisotopic (exact) mass is 450 g/mol. The first kappa shape index (κ1) is 22.8. The molecule has 0 aliphatic carbocycles. The van der Waals surface area contributed by atoms with Crippen molar-refractivity contribution >= 4 is 44.8 Å². The Hall–Kier alpha value is -2.92. The molecule has 3 heterocycles. The van der Waals surface area contributed by atoms with E-state index >= 15 is 0 Å². The molecule has 0 bridgehead atoms. The molecule has 0 aromatic carbocycles. The summed E-state index contributed by atoms with van der Waals surface area (Å²) in [6.45, 7) is 6.08. The Bertz CT molecular complexity index is 1080. The van der Waals surface area contributed by atoms with Gasteiger partial charge in [-0.1, -0.05) is 0 Å². The van der Waals surface area contributed by atoms with Crippen LogP contribution in [0.25, 0.3) is 10.2 Å². The summed E-state index contributed by atoms with van der Waals surface area (Å²) in [7, 11) is 0. The van der Waals surface area contributed by atoms with E-state index < -0.39 is 23.5 Å². The van der Waals surface area contributed by atoms with Crippen molar-refractivity contribution in [2.45, 2.75) is 45.5 Å². The van der Waals surface area contributed by atoms with Gasteiger partial charge in [-0.2, -0.15) is 0 Å². The second-order valence-electron chi connectivity index (χ2n) is 7.86. The molecular weight excluding hydrogens is 426 g/mol. The number of hydrogen-bond donors (Lipinski definition) is 4. The quantitative estimate of drug-likeness (QED) is 0.415. The number of rotatable bonds is 8. The van der Waals surface area contributed by atoms with Crippen LogP contribution in [0.15, 0.2) is 24.0 Å². The summed E-state index contributed by atoms with van der Waals surface area (Å²) in [5.74, 6) is -0.829. The molecule has 0 saturated heterocycles. The molecule has 0 aliphatic heterocycles. The number of halogens is 2. The lowest BCUT2D eigenvalue weighted by molar-refractivity contribution is -0.00177. The smallest absolute Gasteiger partial charge is 0.255 e. The summed E-state index contributed by atoms with van der Waals surface area (Å²) in [5.41, 5.74) is 1.05. The molecule has 31 heavy (non-hydrogen) atoms. The predicted molar refractivity (Wildman–Crippen MR) is 117 cm³/mol. The van der Waals surface area contributed by atoms with E-state index in [9.17, 15) is 18.7 Å². The number of anilines is 3. The summed E-state index contributed by atoms with van der Waals surface area (Å²) in [5, 5.41) is 18.1. The summed E-state index contributed by atoms with van der Waals surface area (Å²) in [4.78, 5) is 24.8. The first-order valence-electron chi connectivity index (χ1n) is 9.62. The van der Waals surface area contributed by atoms with Crippen molar-refractivity contribution < 1.29 is 18.7 Å². The Morgan fingerprint density at radius 3 is 2.68 bits per heavy atom. The number of hydrogen-bond acceptors (Lipinski definition) is 8. The van der Waals surface area contributed by atoms with Gasteiger partial charge in [0.25, 0.3) is 5.91 Å². The highest BCUT2D eigenvalue weighted by molar-refractivity contribution is 7.16. The van der Waals surface area contributed by atoms with Crippen molar-refractivity contribution in [1.29, 1.82) is 0 Å². The number of aliphatic hydroxyl groups is 1. The topological polar surface area (TPSA) is 112 Å². The lowest BCUT2D eigenvalue weighted by Gasteiger charge is -2.23. The fourth-order valence-electron chi connectivity index (χ4n) is 2.67. The fourth-order valence-corrected chi connectivity index (χ4v) is 3.37. The standard InChI is InChI=1S/C20H24F2N6O2S/c1-10(2)27-12-5-15(28-18-16(22)17-13(7-24-18)26-9-31-17)23-6-11(12)19(29)25-8-14(21)20(3,4)30/h5-7,9-10,14,30H,8H2,1-4H3,(H,25,29)(H2,23,24,27,28). The first-order chi connectivity index (χ1) is 14.6. The van der Waals surface area contributed by atoms with Crippen LogP contribution in [-0.2, 0) is 0 Å². The molecule has 1 amide bonds. The summed E-state index contributed by atoms with van der Waals surface area (Å²) < 4.78 is 29.0. The van der Waals surface area contributed by atoms with E-state index in [1.165, 1.54) is 43.1 Å². The van der Waals surface area contributed by atoms with Gasteiger partial charge in [0.1, 0.15) is 17.5 Å². The Balaban J connectivity index is 1.83. The van der Waals surface area contributed by atoms with Gasteiger partial charge in [-0.15, -0.1) is 11.3 Å². The van der Waals surface area contributed by atoms with Crippen LogP contribution in [0.4, 0.5) is 26.1 Å². The summed E-state index contributed by atoms with van der Waals surface area (Å²) >= 11 is 1.17. The Morgan fingerprint density at radius 2 is 2.00 bits per heavy atom. The number of alkyl halides is 1. The molecule has 3 aromatic heterocycles. The minimum absolute atomic E-state index is 0.0117. The Kier molecular flexibility index (Phi) is 6.65. The third-order valence-electron chi connectivity index (χ3n) is 4.37. The minimum atomic E-state index is -1.64. The molecule has 0 spiro atoms. The van der Waals surface area contributed by atoms with Crippen LogP contribution in [-0.4, -0.2) is 50.3 Å². The third-order valence-corrected chi connectivity index (χ3v) is 5.20. The molecule has 166 valence electrons. The maximum atomic E-state index is 14.7. The van der Waals surface area contributed by atoms with Crippen molar-refractivity contribution in [3.05, 3.63) is 35.4 Å². The van der Waals surface area contributed by atoms with Gasteiger partial charge in [-0.05, 0) is 27.7 Å². The average molecular weight is 451 g/mol. The van der Waals surface area contributed by atoms with Crippen LogP contribution in [0.3, 0.4) is 0 Å². The minimum Gasteiger partial charge on any atom is -0.387 e. The van der Waals surface area contributed by atoms with E-state index in [1.807, 2.05) is 13.8 Å². The molecule has 8 nitrogen and oxygen atoms in total. The maximum Gasteiger partial charge on any atom is 0.255 e. The number of nitrogens with zero attached hydrogens (tertiary/aromatic N) is 3. The molecule has 4 N–H and O–H groups in total. The number of carbonyl (C=O) groups is 1. The van der Waals surface area contributed by atoms with E-state index in [1.54, 1.807) is 6.07 Å². The molecule has 0 radical (unpaired) electrons. The number of aromatic nitrogens is 3. The summed E-state index contributed by atoms with van der Waals surface area (Å²) in [6, 6.07) is 1.53. The first-order valence-corrected chi connectivity index (χ1v) is 10.5. The van der Waals surface area contributed by atoms with E-state index in [0.717, 1.165) is 0 Å². The summed E-state index contributed by atoms with van der Waals surface area (Å²) in [6.07, 6.45) is 1.13. The van der Waals surface area contributed by atoms with Gasteiger partial charge in [-0.3, -0.25) is 4.79 Å². The normalized spacial score (nSPS) is 12.8. The van der Waals surface area contributed by atoms with Crippen molar-refractivity contribution in [1.82, 2.24) is 20.3 Å². The molecule has 11 heteroatoms. The number of thiazole rings is 1. The molecule has 1 atom stereocenters. The van der Waals surface area contributed by atoms with Crippen LogP contribution < -0.4 is 16.0 Å². The number of nitrogens with one attached hydrogen (secondary N) is 3. The molecular formula is C20H24F2N6O2S. The second-order valence-corrected chi connectivity index (χ2v) is 8.71. The van der Waals surface area contributed by atoms with Gasteiger partial charge < -0.3 is 21.1 Å². The van der Waals surface area contributed by atoms with Crippen LogP contribution in [0.1, 0.15) is 38.1 Å². The van der Waals surface area contributed by atoms with Crippen LogP contribution in [0.2, 0.25) is 0 Å². The SMILES string of the molecule is CC(C)Nc1cc(Nc2ncc3ncsc3c2F)ncc1C(=O)NCC(F)C(C)(C)O. The average Bonchev–Trinajstić information content (AvgIpc) is 3.16. The molecule has 3 aromatic rings. The highest BCUT2D eigenvalue weighted by Gasteiger charge is 2.27. The largest absolute Gasteiger partial charge is 0.387 e. The molecule has 1 unspecified atom stereocenters. The second kappa shape index (κ2) is 9.06. The van der Waals surface area contributed by atoms with Gasteiger partial charge in [0.05, 0.1) is 39.8 Å². The van der Waals surface area contributed by atoms with Crippen LogP contribution in [0.5, 0.6) is 0 Å². The number of amides is 1. The lowest BCUT2D eigenvalue weighted by atomic mass is 10.0. The zero-order valence-electron chi connectivity index (χ0n) is 17.5. The van der Waals surface area contributed by atoms with Gasteiger partial charge in [0.15, 0.2) is 11.6 Å². The predicted octanol–water partition coefficient (Wildman–Crippen LogP) is 3.63. The highest BCUT2D eigenvalue weighted by atomic mass is 32.1. The van der Waals surface area contributed by atoms with E-state index in [0.29, 0.717) is 15.9 Å². The lowest BCUT2D eigenvalue weighted by Crippen LogP contribution is -2.42. The van der Waals surface area contributed by atoms with E-state index in [2.05, 4.69) is 30.9 Å². The van der Waals surface area contributed by atoms with Crippen LogP contribution >= 0.6 is 11.3 Å². The maximum absolute atomic E-state index is 14.7. The van der Waals surface area contributed by atoms with Crippen molar-refractivity contribution in [2.24, 2.45) is 0 Å². The number of carbonyl (C=O) groups excluding carboxylic acids is 1. The zero-order chi connectivity index (χ0) is 22.8. The van der Waals surface area contributed by atoms with Gasteiger partial charge in [0, 0.05) is 18.3 Å². The van der Waals surface area contributed by atoms with E-state index in [-0.39, 0.29) is 29.8 Å².